The first-order valence-electron chi connectivity index (χ1n) is 6.22. The maximum absolute atomic E-state index is 12.2. The van der Waals surface area contributed by atoms with E-state index in [4.69, 9.17) is 4.74 Å². The maximum atomic E-state index is 12.2. The molecule has 18 heavy (non-hydrogen) atoms. The van der Waals surface area contributed by atoms with E-state index in [-0.39, 0.29) is 17.8 Å². The van der Waals surface area contributed by atoms with E-state index in [1.165, 1.54) is 6.92 Å². The van der Waals surface area contributed by atoms with Crippen LogP contribution in [0.5, 0.6) is 0 Å². The number of hydrogen-bond acceptors (Lipinski definition) is 3. The number of ether oxygens (including phenoxy) is 1. The number of Topliss-reactive ketones (excluding diaryl/α,β-unsaturated/α-hetero) is 1. The molecule has 0 spiro atoms. The van der Waals surface area contributed by atoms with Crippen molar-refractivity contribution in [2.75, 3.05) is 19.7 Å². The van der Waals surface area contributed by atoms with Gasteiger partial charge in [0, 0.05) is 24.8 Å². The minimum atomic E-state index is -0.0655. The van der Waals surface area contributed by atoms with Crippen molar-refractivity contribution < 1.29 is 14.3 Å². The van der Waals surface area contributed by atoms with E-state index in [0.717, 1.165) is 6.42 Å². The van der Waals surface area contributed by atoms with Crippen LogP contribution < -0.4 is 0 Å². The molecule has 0 saturated carbocycles. The number of carbonyl (C=O) groups is 2. The lowest BCUT2D eigenvalue weighted by molar-refractivity contribution is -0.0227. The molecule has 5 heteroatoms. The number of aromatic nitrogens is 1. The lowest BCUT2D eigenvalue weighted by atomic mass is 10.2. The average molecular weight is 250 g/mol. The van der Waals surface area contributed by atoms with Crippen LogP contribution in [-0.4, -0.2) is 47.4 Å². The van der Waals surface area contributed by atoms with Gasteiger partial charge in [0.05, 0.1) is 12.7 Å². The van der Waals surface area contributed by atoms with Crippen molar-refractivity contribution in [1.82, 2.24) is 9.88 Å². The summed E-state index contributed by atoms with van der Waals surface area (Å²) in [6, 6.07) is 1.61. The van der Waals surface area contributed by atoms with Gasteiger partial charge >= 0.3 is 0 Å². The highest BCUT2D eigenvalue weighted by atomic mass is 16.5. The Morgan fingerprint density at radius 2 is 2.33 bits per heavy atom. The molecule has 5 nitrogen and oxygen atoms in total. The summed E-state index contributed by atoms with van der Waals surface area (Å²) in [5, 5.41) is 0. The van der Waals surface area contributed by atoms with Gasteiger partial charge in [0.1, 0.15) is 5.69 Å². The molecule has 1 fully saturated rings. The molecule has 2 heterocycles. The van der Waals surface area contributed by atoms with Gasteiger partial charge in [-0.15, -0.1) is 0 Å². The number of hydrogen-bond donors (Lipinski definition) is 1. The van der Waals surface area contributed by atoms with Gasteiger partial charge in [-0.2, -0.15) is 0 Å². The second kappa shape index (κ2) is 5.35. The normalized spacial score (nSPS) is 19.9. The Labute approximate surface area is 106 Å². The third kappa shape index (κ3) is 2.61. The Hall–Kier alpha value is -1.62. The first-order valence-corrected chi connectivity index (χ1v) is 6.22. The fourth-order valence-corrected chi connectivity index (χ4v) is 2.04. The summed E-state index contributed by atoms with van der Waals surface area (Å²) in [5.41, 5.74) is 1.01. The molecule has 1 amide bonds. The predicted molar refractivity (Wildman–Crippen MR) is 66.7 cm³/mol. The Morgan fingerprint density at radius 3 is 2.94 bits per heavy atom. The van der Waals surface area contributed by atoms with Crippen LogP contribution in [0.2, 0.25) is 0 Å². The Morgan fingerprint density at radius 1 is 1.56 bits per heavy atom. The van der Waals surface area contributed by atoms with E-state index in [1.807, 2.05) is 6.92 Å². The molecule has 0 radical (unpaired) electrons. The van der Waals surface area contributed by atoms with Gasteiger partial charge in [-0.1, -0.05) is 6.92 Å². The third-order valence-corrected chi connectivity index (χ3v) is 3.20. The number of rotatable bonds is 3. The van der Waals surface area contributed by atoms with E-state index < -0.39 is 0 Å². The SMILES string of the molecule is CC[C@@H]1CN(C(=O)c2cc(C(C)=O)c[nH]2)CCO1. The molecular weight excluding hydrogens is 232 g/mol. The average Bonchev–Trinajstić information content (AvgIpc) is 2.87. The number of nitrogens with one attached hydrogen (secondary N) is 1. The molecule has 0 aliphatic carbocycles. The molecule has 1 aliphatic heterocycles. The number of nitrogens with zero attached hydrogens (tertiary/aromatic N) is 1. The van der Waals surface area contributed by atoms with Crippen LogP contribution in [0.25, 0.3) is 0 Å². The van der Waals surface area contributed by atoms with Crippen molar-refractivity contribution >= 4 is 11.7 Å². The molecule has 1 aromatic heterocycles. The second-order valence-corrected chi connectivity index (χ2v) is 4.51. The zero-order valence-electron chi connectivity index (χ0n) is 10.7. The van der Waals surface area contributed by atoms with Gasteiger partial charge in [-0.25, -0.2) is 0 Å². The highest BCUT2D eigenvalue weighted by molar-refractivity contribution is 5.99. The molecule has 1 N–H and O–H groups in total. The molecule has 0 aromatic carbocycles. The Kier molecular flexibility index (Phi) is 3.81. The molecule has 1 saturated heterocycles. The number of morpholine rings is 1. The third-order valence-electron chi connectivity index (χ3n) is 3.20. The quantitative estimate of drug-likeness (QED) is 0.826. The highest BCUT2D eigenvalue weighted by Crippen LogP contribution is 2.13. The van der Waals surface area contributed by atoms with Gasteiger partial charge in [-0.3, -0.25) is 9.59 Å². The number of aromatic amines is 1. The molecular formula is C13H18N2O3. The molecule has 1 atom stereocenters. The van der Waals surface area contributed by atoms with Gasteiger partial charge in [-0.05, 0) is 19.4 Å². The fourth-order valence-electron chi connectivity index (χ4n) is 2.04. The number of H-pyrrole nitrogens is 1. The highest BCUT2D eigenvalue weighted by Gasteiger charge is 2.24. The van der Waals surface area contributed by atoms with Crippen molar-refractivity contribution in [3.8, 4) is 0 Å². The van der Waals surface area contributed by atoms with E-state index in [2.05, 4.69) is 4.98 Å². The minimum absolute atomic E-state index is 0.0429. The summed E-state index contributed by atoms with van der Waals surface area (Å²) in [4.78, 5) is 28.1. The summed E-state index contributed by atoms with van der Waals surface area (Å²) in [5.74, 6) is -0.108. The molecule has 1 aliphatic rings. The summed E-state index contributed by atoms with van der Waals surface area (Å²) in [6.45, 7) is 5.32. The number of carbonyl (C=O) groups excluding carboxylic acids is 2. The predicted octanol–water partition coefficient (Wildman–Crippen LogP) is 1.47. The summed E-state index contributed by atoms with van der Waals surface area (Å²) in [7, 11) is 0. The molecule has 2 rings (SSSR count). The van der Waals surface area contributed by atoms with Crippen LogP contribution >= 0.6 is 0 Å². The van der Waals surface area contributed by atoms with E-state index in [0.29, 0.717) is 31.0 Å². The van der Waals surface area contributed by atoms with Crippen LogP contribution in [-0.2, 0) is 4.74 Å². The van der Waals surface area contributed by atoms with Crippen molar-refractivity contribution in [2.45, 2.75) is 26.4 Å². The van der Waals surface area contributed by atoms with Crippen molar-refractivity contribution in [3.63, 3.8) is 0 Å². The largest absolute Gasteiger partial charge is 0.375 e. The molecule has 98 valence electrons. The molecule has 0 bridgehead atoms. The van der Waals surface area contributed by atoms with Crippen LogP contribution in [0, 0.1) is 0 Å². The van der Waals surface area contributed by atoms with Gasteiger partial charge in [0.15, 0.2) is 5.78 Å². The smallest absolute Gasteiger partial charge is 0.270 e. The first-order chi connectivity index (χ1) is 8.61. The molecule has 0 unspecified atom stereocenters. The Bertz CT molecular complexity index is 453. The van der Waals surface area contributed by atoms with Crippen LogP contribution in [0.1, 0.15) is 41.1 Å². The zero-order chi connectivity index (χ0) is 13.1. The van der Waals surface area contributed by atoms with E-state index in [9.17, 15) is 9.59 Å². The maximum Gasteiger partial charge on any atom is 0.270 e. The molecule has 1 aromatic rings. The van der Waals surface area contributed by atoms with E-state index >= 15 is 0 Å². The number of ketones is 1. The van der Waals surface area contributed by atoms with Crippen molar-refractivity contribution in [1.29, 1.82) is 0 Å². The number of amides is 1. The Balaban J connectivity index is 2.07. The first kappa shape index (κ1) is 12.8. The summed E-state index contributed by atoms with van der Waals surface area (Å²) in [6.07, 6.45) is 2.59. The second-order valence-electron chi connectivity index (χ2n) is 4.51. The lowest BCUT2D eigenvalue weighted by Gasteiger charge is -2.32. The van der Waals surface area contributed by atoms with Crippen LogP contribution in [0.15, 0.2) is 12.3 Å². The van der Waals surface area contributed by atoms with E-state index in [1.54, 1.807) is 17.2 Å². The van der Waals surface area contributed by atoms with Crippen molar-refractivity contribution in [3.05, 3.63) is 23.5 Å². The topological polar surface area (TPSA) is 62.4 Å². The van der Waals surface area contributed by atoms with Gasteiger partial charge < -0.3 is 14.6 Å². The summed E-state index contributed by atoms with van der Waals surface area (Å²) >= 11 is 0. The van der Waals surface area contributed by atoms with Crippen LogP contribution in [0.4, 0.5) is 0 Å². The van der Waals surface area contributed by atoms with Gasteiger partial charge in [0.2, 0.25) is 0 Å². The fraction of sp³-hybridized carbons (Fsp3) is 0.538. The van der Waals surface area contributed by atoms with Crippen LogP contribution in [0.3, 0.4) is 0 Å². The van der Waals surface area contributed by atoms with Crippen molar-refractivity contribution in [2.24, 2.45) is 0 Å². The summed E-state index contributed by atoms with van der Waals surface area (Å²) < 4.78 is 5.53. The lowest BCUT2D eigenvalue weighted by Crippen LogP contribution is -2.45. The zero-order valence-corrected chi connectivity index (χ0v) is 10.7. The monoisotopic (exact) mass is 250 g/mol. The van der Waals surface area contributed by atoms with Gasteiger partial charge in [0.25, 0.3) is 5.91 Å². The standard InChI is InChI=1S/C13H18N2O3/c1-3-11-8-15(4-5-18-11)13(17)12-6-10(7-14-12)9(2)16/h6-7,11,14H,3-5,8H2,1-2H3/t11-/m1/s1. The minimum Gasteiger partial charge on any atom is -0.375 e.